The van der Waals surface area contributed by atoms with Gasteiger partial charge in [0.1, 0.15) is 22.1 Å². The van der Waals surface area contributed by atoms with Crippen molar-refractivity contribution in [3.63, 3.8) is 0 Å². The molecule has 0 atom stereocenters. The molecule has 0 aliphatic heterocycles. The first-order valence-electron chi connectivity index (χ1n) is 29.9. The maximum Gasteiger partial charge on any atom is 0.411 e. The molecule has 0 amide bonds. The molecule has 11 rings (SSSR count). The van der Waals surface area contributed by atoms with Crippen molar-refractivity contribution in [3.05, 3.63) is 202 Å². The average Bonchev–Trinajstić information content (AvgIpc) is 1.39. The van der Waals surface area contributed by atoms with E-state index in [1.165, 1.54) is 0 Å². The number of rotatable bonds is 13. The Hall–Kier alpha value is -8.84. The van der Waals surface area contributed by atoms with Gasteiger partial charge in [0.05, 0.1) is 0 Å². The van der Waals surface area contributed by atoms with E-state index in [1.807, 2.05) is 13.8 Å². The molecule has 8 nitrogen and oxygen atoms in total. The first-order chi connectivity index (χ1) is 44.6. The second kappa shape index (κ2) is 22.6. The topological polar surface area (TPSA) is 104 Å². The Morgan fingerprint density at radius 2 is 0.577 bits per heavy atom. The molecule has 0 saturated carbocycles. The fourth-order valence-electron chi connectivity index (χ4n) is 12.5. The highest BCUT2D eigenvalue weighted by Crippen LogP contribution is 2.60. The van der Waals surface area contributed by atoms with Gasteiger partial charge in [0.2, 0.25) is 39.8 Å². The molecule has 0 bridgehead atoms. The van der Waals surface area contributed by atoms with E-state index in [0.29, 0.717) is 78.2 Å². The summed E-state index contributed by atoms with van der Waals surface area (Å²) in [5, 5.41) is 0. The van der Waals surface area contributed by atoms with Gasteiger partial charge in [0, 0.05) is 22.0 Å². The van der Waals surface area contributed by atoms with E-state index in [-0.39, 0.29) is 63.0 Å². The van der Waals surface area contributed by atoms with Crippen molar-refractivity contribution in [1.82, 2.24) is 19.9 Å². The van der Waals surface area contributed by atoms with Crippen molar-refractivity contribution >= 4 is 44.4 Å². The summed E-state index contributed by atoms with van der Waals surface area (Å²) in [5.41, 5.74) is -25.8. The molecular formula is C71H58F18N4O4. The molecule has 4 aromatic heterocycles. The van der Waals surface area contributed by atoms with Crippen LogP contribution in [0.3, 0.4) is 0 Å². The molecule has 0 radical (unpaired) electrons. The number of halogens is 18. The lowest BCUT2D eigenvalue weighted by Gasteiger charge is -2.38. The van der Waals surface area contributed by atoms with E-state index in [9.17, 15) is 0 Å². The molecule has 512 valence electrons. The highest BCUT2D eigenvalue weighted by atomic mass is 19.4. The first-order valence-corrected chi connectivity index (χ1v) is 29.9. The molecule has 11 aromatic rings. The smallest absolute Gasteiger partial charge is 0.411 e. The normalized spacial score (nSPS) is 14.3. The minimum atomic E-state index is -6.14. The molecule has 26 heteroatoms. The van der Waals surface area contributed by atoms with Crippen molar-refractivity contribution in [3.8, 4) is 22.9 Å². The maximum atomic E-state index is 15.7. The minimum absolute atomic E-state index is 0.0169. The van der Waals surface area contributed by atoms with Crippen LogP contribution in [0.4, 0.5) is 79.0 Å². The molecule has 0 unspecified atom stereocenters. The van der Waals surface area contributed by atoms with Crippen LogP contribution in [-0.4, -0.2) is 57.0 Å². The molecule has 4 heterocycles. The number of oxazole rings is 4. The summed E-state index contributed by atoms with van der Waals surface area (Å²) >= 11 is 0. The molecule has 97 heavy (non-hydrogen) atoms. The lowest BCUT2D eigenvalue weighted by molar-refractivity contribution is -0.290. The fourth-order valence-corrected chi connectivity index (χ4v) is 12.5. The summed E-state index contributed by atoms with van der Waals surface area (Å²) in [6.07, 6.45) is -35.6. The standard InChI is InChI=1S/C71H58F18N4O4/c1-59(2,3)39-18-20-41(21-19-39)63(66(72,73)74,67(75,76)77)40-16-14-37(15-17-40)55-90-47-33-43(22-26-51(47)94-55)65(70(84,85)86,71(87,88)89)46-25-29-54-50(36-46)93-58(97-54)62(9,10)31-30-61(7,8)42-13-11-12-38(32-42)56-91-48-34-44(23-27-52(48)95-56)64(68(78,79)80,69(81,82)83)45-24-28-53-49(35-45)92-57(96-53)60(4,5)6/h11-29,32-36H,30-31H2,1-10H3. The monoisotopic (exact) mass is 1370 g/mol. The third kappa shape index (κ3) is 11.5. The van der Waals surface area contributed by atoms with Crippen LogP contribution >= 0.6 is 0 Å². The summed E-state index contributed by atoms with van der Waals surface area (Å²) in [5.74, 6) is -0.691. The average molecular weight is 1370 g/mol. The zero-order valence-corrected chi connectivity index (χ0v) is 53.0. The number of hydrogen-bond donors (Lipinski definition) is 0. The minimum Gasteiger partial charge on any atom is -0.440 e. The Morgan fingerprint density at radius 1 is 0.268 bits per heavy atom. The quantitative estimate of drug-likeness (QED) is 0.105. The van der Waals surface area contributed by atoms with Crippen LogP contribution in [0.2, 0.25) is 0 Å². The zero-order chi connectivity index (χ0) is 71.2. The summed E-state index contributed by atoms with van der Waals surface area (Å²) in [4.78, 5) is 17.0. The van der Waals surface area contributed by atoms with Crippen molar-refractivity contribution in [2.24, 2.45) is 0 Å². The van der Waals surface area contributed by atoms with E-state index in [4.69, 9.17) is 17.7 Å². The van der Waals surface area contributed by atoms with Gasteiger partial charge in [0.25, 0.3) is 0 Å². The van der Waals surface area contributed by atoms with Gasteiger partial charge in [-0.2, -0.15) is 79.0 Å². The maximum absolute atomic E-state index is 15.7. The number of fused-ring (bicyclic) bond motifs is 4. The fraction of sp³-hybridized carbons (Fsp3) is 0.352. The number of hydrogen-bond acceptors (Lipinski definition) is 8. The Labute approximate surface area is 541 Å². The summed E-state index contributed by atoms with van der Waals surface area (Å²) < 4.78 is 300. The van der Waals surface area contributed by atoms with Crippen LogP contribution < -0.4 is 0 Å². The van der Waals surface area contributed by atoms with Crippen molar-refractivity contribution < 1.29 is 96.7 Å². The van der Waals surface area contributed by atoms with E-state index in [0.717, 1.165) is 60.7 Å². The van der Waals surface area contributed by atoms with Crippen LogP contribution in [0.25, 0.3) is 67.3 Å². The number of aromatic nitrogens is 4. The summed E-state index contributed by atoms with van der Waals surface area (Å²) in [7, 11) is 0. The third-order valence-corrected chi connectivity index (χ3v) is 18.1. The van der Waals surface area contributed by atoms with Crippen molar-refractivity contribution in [1.29, 1.82) is 0 Å². The Balaban J connectivity index is 0.857. The third-order valence-electron chi connectivity index (χ3n) is 18.1. The first kappa shape index (κ1) is 69.5. The van der Waals surface area contributed by atoms with Gasteiger partial charge in [-0.05, 0) is 141 Å². The van der Waals surface area contributed by atoms with Crippen molar-refractivity contribution in [2.75, 3.05) is 0 Å². The van der Waals surface area contributed by atoms with Crippen LogP contribution in [0.1, 0.15) is 138 Å². The van der Waals surface area contributed by atoms with Gasteiger partial charge < -0.3 is 17.7 Å². The Kier molecular flexibility index (Phi) is 16.2. The van der Waals surface area contributed by atoms with Crippen LogP contribution in [0.5, 0.6) is 0 Å². The predicted octanol–water partition coefficient (Wildman–Crippen LogP) is 22.4. The van der Waals surface area contributed by atoms with E-state index < -0.39 is 131 Å². The molecule has 0 spiro atoms. The molecule has 0 aliphatic rings. The van der Waals surface area contributed by atoms with Gasteiger partial charge in [-0.25, -0.2) is 19.9 Å². The van der Waals surface area contributed by atoms with Gasteiger partial charge in [0.15, 0.2) is 22.3 Å². The van der Waals surface area contributed by atoms with Gasteiger partial charge in [-0.15, -0.1) is 0 Å². The van der Waals surface area contributed by atoms with E-state index >= 15 is 79.0 Å². The lowest BCUT2D eigenvalue weighted by atomic mass is 9.72. The molecule has 0 saturated heterocycles. The van der Waals surface area contributed by atoms with Crippen LogP contribution in [0, 0.1) is 0 Å². The van der Waals surface area contributed by atoms with E-state index in [2.05, 4.69) is 19.9 Å². The van der Waals surface area contributed by atoms with Gasteiger partial charge in [-0.3, -0.25) is 0 Å². The van der Waals surface area contributed by atoms with Crippen LogP contribution in [-0.2, 0) is 37.9 Å². The summed E-state index contributed by atoms with van der Waals surface area (Å²) in [6, 6.07) is 21.6. The van der Waals surface area contributed by atoms with Crippen molar-refractivity contribution in [2.45, 2.75) is 157 Å². The molecular weight excluding hydrogens is 1310 g/mol. The van der Waals surface area contributed by atoms with E-state index in [1.54, 1.807) is 79.7 Å². The highest BCUT2D eigenvalue weighted by Gasteiger charge is 2.75. The Morgan fingerprint density at radius 3 is 0.959 bits per heavy atom. The number of nitrogens with zero attached hydrogens (tertiary/aromatic N) is 4. The highest BCUT2D eigenvalue weighted by molar-refractivity contribution is 5.81. The molecule has 7 aromatic carbocycles. The second-order valence-corrected chi connectivity index (χ2v) is 27.5. The van der Waals surface area contributed by atoms with Gasteiger partial charge in [-0.1, -0.05) is 142 Å². The summed E-state index contributed by atoms with van der Waals surface area (Å²) in [6.45, 7) is 17.3. The molecule has 0 fully saturated rings. The Bertz CT molecular complexity index is 4730. The molecule has 0 N–H and O–H groups in total. The van der Waals surface area contributed by atoms with Gasteiger partial charge >= 0.3 is 37.1 Å². The van der Waals surface area contributed by atoms with Crippen LogP contribution in [0.15, 0.2) is 163 Å². The predicted molar refractivity (Wildman–Crippen MR) is 325 cm³/mol. The lowest BCUT2D eigenvalue weighted by Crippen LogP contribution is -2.54. The second-order valence-electron chi connectivity index (χ2n) is 27.5. The SMILES string of the molecule is CC(C)(C)c1ccc(C(c2ccc(-c3nc4cc(C(c5ccc6oc(C(C)(C)CCC(C)(C)c7cccc(-c8nc9cc(C(c%10ccc%11oc(C(C)(C)C)nc%11c%10)(C(F)(F)F)C(F)(F)F)ccc9o8)c7)nc6c5)(C(F)(F)F)C(F)(F)F)ccc4o3)cc2)(C(F)(F)F)C(F)(F)F)cc1. The zero-order valence-electron chi connectivity index (χ0n) is 53.0. The largest absolute Gasteiger partial charge is 0.440 e. The number of benzene rings is 7. The molecule has 0 aliphatic carbocycles. The number of alkyl halides is 18.